The van der Waals surface area contributed by atoms with Gasteiger partial charge >= 0.3 is 0 Å². The third-order valence-electron chi connectivity index (χ3n) is 6.53. The Kier molecular flexibility index (Phi) is 4.26. The first-order chi connectivity index (χ1) is 13.0. The van der Waals surface area contributed by atoms with Crippen LogP contribution in [0, 0.1) is 12.3 Å². The van der Waals surface area contributed by atoms with Crippen LogP contribution in [0.3, 0.4) is 0 Å². The van der Waals surface area contributed by atoms with Gasteiger partial charge in [0.15, 0.2) is 5.65 Å². The molecule has 3 aliphatic heterocycles. The molecule has 0 unspecified atom stereocenters. The number of rotatable bonds is 4. The van der Waals surface area contributed by atoms with Gasteiger partial charge in [-0.15, -0.1) is 0 Å². The van der Waals surface area contributed by atoms with Gasteiger partial charge in [-0.2, -0.15) is 5.10 Å². The lowest BCUT2D eigenvalue weighted by Crippen LogP contribution is -2.49. The summed E-state index contributed by atoms with van der Waals surface area (Å²) in [7, 11) is 0. The molecule has 0 aromatic carbocycles. The summed E-state index contributed by atoms with van der Waals surface area (Å²) in [5.74, 6) is 0. The molecule has 0 saturated carbocycles. The van der Waals surface area contributed by atoms with Gasteiger partial charge < -0.3 is 4.74 Å². The predicted octanol–water partition coefficient (Wildman–Crippen LogP) is 2.46. The molecule has 6 nitrogen and oxygen atoms in total. The third-order valence-corrected chi connectivity index (χ3v) is 6.53. The van der Waals surface area contributed by atoms with Gasteiger partial charge in [0.1, 0.15) is 0 Å². The molecule has 6 heteroatoms. The molecule has 2 fully saturated rings. The van der Waals surface area contributed by atoms with Gasteiger partial charge in [-0.05, 0) is 25.2 Å². The van der Waals surface area contributed by atoms with Crippen LogP contribution < -0.4 is 0 Å². The highest BCUT2D eigenvalue weighted by molar-refractivity contribution is 5.44. The molecule has 0 amide bonds. The minimum atomic E-state index is 0.273. The van der Waals surface area contributed by atoms with Crippen molar-refractivity contribution in [2.24, 2.45) is 5.41 Å². The lowest BCUT2D eigenvalue weighted by Gasteiger charge is -2.43. The predicted molar refractivity (Wildman–Crippen MR) is 105 cm³/mol. The molecule has 0 radical (unpaired) electrons. The van der Waals surface area contributed by atoms with E-state index in [9.17, 15) is 0 Å². The smallest absolute Gasteiger partial charge is 0.155 e. The summed E-state index contributed by atoms with van der Waals surface area (Å²) in [5, 5.41) is 4.72. The molecule has 5 heterocycles. The van der Waals surface area contributed by atoms with Crippen LogP contribution in [-0.2, 0) is 11.2 Å². The lowest BCUT2D eigenvalue weighted by atomic mass is 9.88. The van der Waals surface area contributed by atoms with Crippen molar-refractivity contribution in [2.75, 3.05) is 39.4 Å². The molecule has 3 aliphatic rings. The van der Waals surface area contributed by atoms with E-state index in [-0.39, 0.29) is 5.41 Å². The number of hydrogen-bond acceptors (Lipinski definition) is 5. The Labute approximate surface area is 161 Å². The summed E-state index contributed by atoms with van der Waals surface area (Å²) < 4.78 is 7.62. The molecule has 2 atom stereocenters. The second kappa shape index (κ2) is 6.54. The number of aryl methyl sites for hydroxylation is 1. The Morgan fingerprint density at radius 1 is 1.19 bits per heavy atom. The fourth-order valence-electron chi connectivity index (χ4n) is 5.45. The summed E-state index contributed by atoms with van der Waals surface area (Å²) in [5.41, 5.74) is 5.11. The molecule has 2 saturated heterocycles. The van der Waals surface area contributed by atoms with E-state index < -0.39 is 0 Å². The van der Waals surface area contributed by atoms with Crippen molar-refractivity contribution in [3.63, 3.8) is 0 Å². The van der Waals surface area contributed by atoms with Crippen molar-refractivity contribution in [2.45, 2.75) is 52.1 Å². The van der Waals surface area contributed by atoms with Gasteiger partial charge in [0.2, 0.25) is 0 Å². The first-order valence-electron chi connectivity index (χ1n) is 10.4. The largest absolute Gasteiger partial charge is 0.379 e. The first-order valence-corrected chi connectivity index (χ1v) is 10.4. The molecule has 27 heavy (non-hydrogen) atoms. The zero-order valence-corrected chi connectivity index (χ0v) is 16.8. The van der Waals surface area contributed by atoms with E-state index in [0.717, 1.165) is 57.2 Å². The molecule has 2 bridgehead atoms. The second-order valence-corrected chi connectivity index (χ2v) is 9.39. The van der Waals surface area contributed by atoms with Gasteiger partial charge in [-0.3, -0.25) is 9.80 Å². The topological polar surface area (TPSA) is 45.9 Å². The Morgan fingerprint density at radius 2 is 2.00 bits per heavy atom. The van der Waals surface area contributed by atoms with Crippen LogP contribution in [0.15, 0.2) is 12.3 Å². The van der Waals surface area contributed by atoms with E-state index in [0.29, 0.717) is 12.1 Å². The maximum absolute atomic E-state index is 5.52. The van der Waals surface area contributed by atoms with Crippen LogP contribution in [0.4, 0.5) is 0 Å². The standard InChI is InChI=1S/C21H31N5O/c1-15-10-20-22-12-17-18-5-4-16(11-19(17)26(20)23-15)25(18)14-21(2,3)13-24-6-8-27-9-7-24/h10,12,16,18H,4-9,11,13-14H2,1-3H3/t16-,18-/m1/s1. The van der Waals surface area contributed by atoms with Crippen molar-refractivity contribution in [1.29, 1.82) is 0 Å². The fourth-order valence-corrected chi connectivity index (χ4v) is 5.45. The van der Waals surface area contributed by atoms with Crippen LogP contribution in [0.1, 0.15) is 49.7 Å². The zero-order valence-electron chi connectivity index (χ0n) is 16.8. The van der Waals surface area contributed by atoms with Crippen LogP contribution in [0.2, 0.25) is 0 Å². The number of hydrogen-bond donors (Lipinski definition) is 0. The quantitative estimate of drug-likeness (QED) is 0.828. The molecule has 5 rings (SSSR count). The van der Waals surface area contributed by atoms with Gasteiger partial charge in [0.25, 0.3) is 0 Å². The minimum Gasteiger partial charge on any atom is -0.379 e. The number of ether oxygens (including phenoxy) is 1. The van der Waals surface area contributed by atoms with Gasteiger partial charge in [-0.25, -0.2) is 9.50 Å². The molecule has 0 N–H and O–H groups in total. The van der Waals surface area contributed by atoms with E-state index in [4.69, 9.17) is 14.8 Å². The van der Waals surface area contributed by atoms with Gasteiger partial charge in [0, 0.05) is 62.5 Å². The van der Waals surface area contributed by atoms with Crippen LogP contribution >= 0.6 is 0 Å². The Bertz CT molecular complexity index is 838. The first kappa shape index (κ1) is 17.6. The third kappa shape index (κ3) is 3.18. The van der Waals surface area contributed by atoms with E-state index >= 15 is 0 Å². The van der Waals surface area contributed by atoms with Gasteiger partial charge in [0.05, 0.1) is 24.6 Å². The van der Waals surface area contributed by atoms with Crippen LogP contribution in [0.5, 0.6) is 0 Å². The van der Waals surface area contributed by atoms with Crippen molar-refractivity contribution in [3.05, 3.63) is 29.2 Å². The molecule has 0 spiro atoms. The highest BCUT2D eigenvalue weighted by atomic mass is 16.5. The summed E-state index contributed by atoms with van der Waals surface area (Å²) in [6.45, 7) is 13.1. The number of nitrogens with zero attached hydrogens (tertiary/aromatic N) is 5. The fraction of sp³-hybridized carbons (Fsp3) is 0.714. The Hall–Kier alpha value is -1.50. The van der Waals surface area contributed by atoms with E-state index in [1.807, 2.05) is 0 Å². The summed E-state index contributed by atoms with van der Waals surface area (Å²) in [4.78, 5) is 10.0. The Balaban J connectivity index is 1.38. The monoisotopic (exact) mass is 369 g/mol. The van der Waals surface area contributed by atoms with E-state index in [1.165, 1.54) is 24.1 Å². The number of fused-ring (bicyclic) bond motifs is 6. The lowest BCUT2D eigenvalue weighted by molar-refractivity contribution is 0.00978. The minimum absolute atomic E-state index is 0.273. The summed E-state index contributed by atoms with van der Waals surface area (Å²) in [6, 6.07) is 3.23. The van der Waals surface area contributed by atoms with Gasteiger partial charge in [-0.1, -0.05) is 13.8 Å². The average molecular weight is 370 g/mol. The normalized spacial score (nSPS) is 26.6. The zero-order chi connectivity index (χ0) is 18.6. The van der Waals surface area contributed by atoms with Crippen molar-refractivity contribution >= 4 is 5.65 Å². The average Bonchev–Trinajstić information content (AvgIpc) is 3.12. The van der Waals surface area contributed by atoms with E-state index in [2.05, 4.69) is 47.3 Å². The molecule has 2 aromatic heterocycles. The number of aromatic nitrogens is 3. The van der Waals surface area contributed by atoms with Crippen molar-refractivity contribution in [1.82, 2.24) is 24.4 Å². The molecular weight excluding hydrogens is 338 g/mol. The van der Waals surface area contributed by atoms with Crippen molar-refractivity contribution in [3.8, 4) is 0 Å². The molecule has 0 aliphatic carbocycles. The highest BCUT2D eigenvalue weighted by Crippen LogP contribution is 2.44. The maximum Gasteiger partial charge on any atom is 0.155 e. The SMILES string of the molecule is Cc1cc2ncc3c(n2n1)C[C@H]1CC[C@H]3N1CC(C)(C)CN1CCOCC1. The maximum atomic E-state index is 5.52. The highest BCUT2D eigenvalue weighted by Gasteiger charge is 2.43. The second-order valence-electron chi connectivity index (χ2n) is 9.39. The van der Waals surface area contributed by atoms with E-state index in [1.54, 1.807) is 0 Å². The molecular formula is C21H31N5O. The van der Waals surface area contributed by atoms with Crippen LogP contribution in [0.25, 0.3) is 5.65 Å². The summed E-state index contributed by atoms with van der Waals surface area (Å²) in [6.07, 6.45) is 5.76. The van der Waals surface area contributed by atoms with Crippen LogP contribution in [-0.4, -0.2) is 69.8 Å². The molecule has 146 valence electrons. The molecule has 2 aromatic rings. The number of morpholine rings is 1. The summed E-state index contributed by atoms with van der Waals surface area (Å²) >= 11 is 0. The van der Waals surface area contributed by atoms with Crippen molar-refractivity contribution < 1.29 is 4.74 Å². The Morgan fingerprint density at radius 3 is 2.81 bits per heavy atom.